The number of aromatic nitrogens is 1. The molecule has 0 fully saturated rings. The summed E-state index contributed by atoms with van der Waals surface area (Å²) in [6, 6.07) is 9.27. The van der Waals surface area contributed by atoms with Crippen LogP contribution in [0.15, 0.2) is 42.7 Å². The van der Waals surface area contributed by atoms with E-state index in [4.69, 9.17) is 0 Å². The van der Waals surface area contributed by atoms with Crippen LogP contribution in [0.1, 0.15) is 79.5 Å². The number of benzene rings is 1. The van der Waals surface area contributed by atoms with Gasteiger partial charge in [0.25, 0.3) is 0 Å². The number of nitrogens with one attached hydrogen (secondary N) is 1. The molecule has 0 aliphatic rings. The number of likely N-dealkylation sites (N-methyl/N-ethyl adjacent to an activating group) is 1. The predicted octanol–water partition coefficient (Wildman–Crippen LogP) is 4.91. The zero-order valence-electron chi connectivity index (χ0n) is 20.6. The van der Waals surface area contributed by atoms with Crippen LogP contribution in [0.5, 0.6) is 0 Å². The van der Waals surface area contributed by atoms with Crippen LogP contribution in [0.3, 0.4) is 0 Å². The maximum Gasteiger partial charge on any atom is 0.220 e. The molecule has 2 aromatic rings. The molecule has 1 amide bonds. The molecule has 2 rings (SSSR count). The Hall–Kier alpha value is -2.73. The summed E-state index contributed by atoms with van der Waals surface area (Å²) in [4.78, 5) is 37.6. The van der Waals surface area contributed by atoms with Gasteiger partial charge in [-0.25, -0.2) is 0 Å². The van der Waals surface area contributed by atoms with Crippen LogP contribution in [-0.4, -0.2) is 54.6 Å². The smallest absolute Gasteiger partial charge is 0.220 e. The summed E-state index contributed by atoms with van der Waals surface area (Å²) in [6.07, 6.45) is 10.2. The highest BCUT2D eigenvalue weighted by Crippen LogP contribution is 2.34. The van der Waals surface area contributed by atoms with Crippen molar-refractivity contribution in [2.45, 2.75) is 58.8 Å². The summed E-state index contributed by atoms with van der Waals surface area (Å²) in [5.74, 6) is 0.276. The van der Waals surface area contributed by atoms with Crippen LogP contribution in [0, 0.1) is 5.41 Å². The van der Waals surface area contributed by atoms with Gasteiger partial charge in [0.05, 0.1) is 0 Å². The average molecular weight is 454 g/mol. The van der Waals surface area contributed by atoms with Gasteiger partial charge in [0, 0.05) is 55.1 Å². The number of carbonyl (C=O) groups excluding carboxylic acids is 3. The molecule has 180 valence electrons. The molecule has 1 unspecified atom stereocenters. The number of amides is 1. The Morgan fingerprint density at radius 3 is 2.30 bits per heavy atom. The Morgan fingerprint density at radius 1 is 1.06 bits per heavy atom. The normalized spacial score (nSPS) is 13.0. The number of carbonyl (C=O) groups is 3. The van der Waals surface area contributed by atoms with E-state index < -0.39 is 0 Å². The van der Waals surface area contributed by atoms with Crippen molar-refractivity contribution in [1.29, 1.82) is 0 Å². The molecule has 1 N–H and O–H groups in total. The first kappa shape index (κ1) is 26.5. The lowest BCUT2D eigenvalue weighted by atomic mass is 9.77. The first-order chi connectivity index (χ1) is 15.8. The van der Waals surface area contributed by atoms with Crippen molar-refractivity contribution in [1.82, 2.24) is 14.8 Å². The van der Waals surface area contributed by atoms with Crippen LogP contribution in [0.25, 0.3) is 5.69 Å². The summed E-state index contributed by atoms with van der Waals surface area (Å²) in [7, 11) is 3.99. The van der Waals surface area contributed by atoms with E-state index >= 15 is 0 Å². The third-order valence-corrected chi connectivity index (χ3v) is 6.44. The maximum atomic E-state index is 12.7. The highest BCUT2D eigenvalue weighted by molar-refractivity contribution is 5.96. The second kappa shape index (κ2) is 13.1. The molecule has 6 heteroatoms. The molecule has 0 spiro atoms. The Balaban J connectivity index is 1.75. The lowest BCUT2D eigenvalue weighted by molar-refractivity contribution is -0.121. The molecular weight excluding hydrogens is 414 g/mol. The van der Waals surface area contributed by atoms with Crippen molar-refractivity contribution in [3.05, 3.63) is 53.9 Å². The molecular formula is C27H39N3O3. The molecule has 6 nitrogen and oxygen atoms in total. The number of aldehydes is 1. The van der Waals surface area contributed by atoms with E-state index in [1.165, 1.54) is 0 Å². The molecule has 0 saturated heterocycles. The minimum atomic E-state index is 0.122. The lowest BCUT2D eigenvalue weighted by Gasteiger charge is -2.28. The van der Waals surface area contributed by atoms with E-state index in [0.29, 0.717) is 30.5 Å². The Labute approximate surface area is 198 Å². The van der Waals surface area contributed by atoms with E-state index in [1.54, 1.807) is 12.3 Å². The molecule has 0 saturated carbocycles. The molecule has 0 aliphatic carbocycles. The van der Waals surface area contributed by atoms with Gasteiger partial charge in [-0.1, -0.05) is 20.3 Å². The van der Waals surface area contributed by atoms with Crippen LogP contribution in [-0.2, 0) is 4.79 Å². The van der Waals surface area contributed by atoms with Gasteiger partial charge < -0.3 is 14.8 Å². The molecule has 1 atom stereocenters. The van der Waals surface area contributed by atoms with Crippen molar-refractivity contribution < 1.29 is 14.4 Å². The Kier molecular flexibility index (Phi) is 10.5. The third-order valence-electron chi connectivity index (χ3n) is 6.44. The van der Waals surface area contributed by atoms with Gasteiger partial charge >= 0.3 is 0 Å². The highest BCUT2D eigenvalue weighted by atomic mass is 16.1. The summed E-state index contributed by atoms with van der Waals surface area (Å²) >= 11 is 0. The van der Waals surface area contributed by atoms with E-state index in [9.17, 15) is 14.4 Å². The zero-order chi connectivity index (χ0) is 24.3. The topological polar surface area (TPSA) is 71.4 Å². The van der Waals surface area contributed by atoms with Crippen molar-refractivity contribution >= 4 is 18.0 Å². The zero-order valence-corrected chi connectivity index (χ0v) is 20.6. The van der Waals surface area contributed by atoms with Crippen molar-refractivity contribution in [2.75, 3.05) is 27.2 Å². The van der Waals surface area contributed by atoms with Crippen LogP contribution >= 0.6 is 0 Å². The summed E-state index contributed by atoms with van der Waals surface area (Å²) < 4.78 is 1.87. The van der Waals surface area contributed by atoms with Crippen molar-refractivity contribution in [2.24, 2.45) is 5.41 Å². The number of Topliss-reactive ketones (excluding diaryl/α,β-unsaturated/α-hetero) is 1. The molecule has 0 radical (unpaired) electrons. The van der Waals surface area contributed by atoms with Crippen molar-refractivity contribution in [3.63, 3.8) is 0 Å². The van der Waals surface area contributed by atoms with E-state index in [-0.39, 0.29) is 17.1 Å². The molecule has 1 heterocycles. The fourth-order valence-corrected chi connectivity index (χ4v) is 3.94. The van der Waals surface area contributed by atoms with Crippen LogP contribution in [0.4, 0.5) is 0 Å². The highest BCUT2D eigenvalue weighted by Gasteiger charge is 2.22. The minimum absolute atomic E-state index is 0.122. The Morgan fingerprint density at radius 2 is 1.73 bits per heavy atom. The Bertz CT molecular complexity index is 902. The first-order valence-corrected chi connectivity index (χ1v) is 11.9. The van der Waals surface area contributed by atoms with Gasteiger partial charge in [0.2, 0.25) is 5.91 Å². The molecule has 0 aliphatic heterocycles. The summed E-state index contributed by atoms with van der Waals surface area (Å²) in [5.41, 5.74) is 2.41. The van der Waals surface area contributed by atoms with E-state index in [0.717, 1.165) is 50.6 Å². The van der Waals surface area contributed by atoms with Gasteiger partial charge in [0.15, 0.2) is 12.1 Å². The van der Waals surface area contributed by atoms with E-state index in [1.807, 2.05) is 49.1 Å². The minimum Gasteiger partial charge on any atom is -0.355 e. The van der Waals surface area contributed by atoms with Crippen molar-refractivity contribution in [3.8, 4) is 5.69 Å². The lowest BCUT2D eigenvalue weighted by Crippen LogP contribution is -2.31. The number of hydrogen-bond acceptors (Lipinski definition) is 4. The van der Waals surface area contributed by atoms with Gasteiger partial charge in [-0.05, 0) is 75.5 Å². The standard InChI is InChI=1S/C27H39N3O3/c1-5-27(2,16-7-9-26(33)28-17-19-29(3)4)15-6-8-25(32)23-10-12-24(13-11-23)30-18-14-22(20-30)21-31/h10-14,18,20-21H,5-9,15-17,19H2,1-4H3,(H,28,33). The molecule has 1 aromatic carbocycles. The SMILES string of the molecule is CCC(C)(CCCC(=O)NCCN(C)C)CCCC(=O)c1ccc(-n2ccc(C=O)c2)cc1. The number of hydrogen-bond donors (Lipinski definition) is 1. The van der Waals surface area contributed by atoms with Gasteiger partial charge in [-0.15, -0.1) is 0 Å². The van der Waals surface area contributed by atoms with Crippen LogP contribution in [0.2, 0.25) is 0 Å². The van der Waals surface area contributed by atoms with Gasteiger partial charge in [0.1, 0.15) is 0 Å². The summed E-state index contributed by atoms with van der Waals surface area (Å²) in [5, 5.41) is 2.97. The van der Waals surface area contributed by atoms with Gasteiger partial charge in [-0.2, -0.15) is 0 Å². The fraction of sp³-hybridized carbons (Fsp3) is 0.519. The third kappa shape index (κ3) is 8.97. The first-order valence-electron chi connectivity index (χ1n) is 11.9. The number of nitrogens with zero attached hydrogens (tertiary/aromatic N) is 2. The van der Waals surface area contributed by atoms with E-state index in [2.05, 4.69) is 24.1 Å². The van der Waals surface area contributed by atoms with Gasteiger partial charge in [-0.3, -0.25) is 14.4 Å². The monoisotopic (exact) mass is 453 g/mol. The second-order valence-corrected chi connectivity index (χ2v) is 9.46. The second-order valence-electron chi connectivity index (χ2n) is 9.46. The maximum absolute atomic E-state index is 12.7. The summed E-state index contributed by atoms with van der Waals surface area (Å²) in [6.45, 7) is 5.99. The van der Waals surface area contributed by atoms with Crippen LogP contribution < -0.4 is 5.32 Å². The largest absolute Gasteiger partial charge is 0.355 e. The molecule has 0 bridgehead atoms. The number of rotatable bonds is 15. The number of ketones is 1. The average Bonchev–Trinajstić information content (AvgIpc) is 3.28. The fourth-order valence-electron chi connectivity index (χ4n) is 3.94. The predicted molar refractivity (Wildman–Crippen MR) is 133 cm³/mol. The molecule has 33 heavy (non-hydrogen) atoms. The quantitative estimate of drug-likeness (QED) is 0.307. The molecule has 1 aromatic heterocycles.